The van der Waals surface area contributed by atoms with E-state index in [1.54, 1.807) is 0 Å². The lowest BCUT2D eigenvalue weighted by molar-refractivity contribution is 0.0352. The minimum Gasteiger partial charge on any atom is -0.478 e. The van der Waals surface area contributed by atoms with Crippen LogP contribution in [-0.2, 0) is 9.47 Å². The fraction of sp³-hybridized carbons (Fsp3) is 0. The highest BCUT2D eigenvalue weighted by Crippen LogP contribution is 2.36. The molecule has 8 N–H and O–H groups in total. The number of aromatic carboxylic acids is 8. The fourth-order valence-electron chi connectivity index (χ4n) is 7.24. The molecule has 0 aliphatic carbocycles. The molecule has 70 heavy (non-hydrogen) atoms. The molecule has 6 rings (SSSR count). The average molecular weight is 955 g/mol. The Morgan fingerprint density at radius 3 is 1.00 bits per heavy atom. The maximum Gasteiger partial charge on any atom is 0.347 e. The van der Waals surface area contributed by atoms with Gasteiger partial charge in [-0.2, -0.15) is 0 Å². The molecule has 0 fully saturated rings. The number of hydrogen-bond donors (Lipinski definition) is 8. The van der Waals surface area contributed by atoms with Crippen molar-refractivity contribution in [2.45, 2.75) is 0 Å². The van der Waals surface area contributed by atoms with E-state index in [4.69, 9.17) is 9.47 Å². The van der Waals surface area contributed by atoms with Crippen LogP contribution in [0.5, 0.6) is 0 Å². The molecule has 0 saturated heterocycles. The summed E-state index contributed by atoms with van der Waals surface area (Å²) in [5, 5.41) is 79.4. The molecule has 0 amide bonds. The van der Waals surface area contributed by atoms with Gasteiger partial charge in [0, 0.05) is 0 Å². The Morgan fingerprint density at radius 1 is 0.257 bits per heavy atom. The number of esters is 4. The molecule has 0 spiro atoms. The van der Waals surface area contributed by atoms with Crippen molar-refractivity contribution in [1.29, 1.82) is 0 Å². The zero-order valence-electron chi connectivity index (χ0n) is 34.7. The zero-order valence-corrected chi connectivity index (χ0v) is 34.7. The molecule has 350 valence electrons. The molecule has 0 bridgehead atoms. The van der Waals surface area contributed by atoms with Gasteiger partial charge < -0.3 is 50.3 Å². The number of carboxylic acids is 8. The third-order valence-corrected chi connectivity index (χ3v) is 10.2. The quantitative estimate of drug-likeness (QED) is 0.0415. The molecule has 6 aromatic carbocycles. The van der Waals surface area contributed by atoms with Crippen molar-refractivity contribution in [1.82, 2.24) is 0 Å². The van der Waals surface area contributed by atoms with Gasteiger partial charge in [0.25, 0.3) is 0 Å². The molecule has 0 atom stereocenters. The van der Waals surface area contributed by atoms with Crippen molar-refractivity contribution < 1.29 is 108 Å². The van der Waals surface area contributed by atoms with Gasteiger partial charge in [-0.05, 0) is 75.8 Å². The Morgan fingerprint density at radius 2 is 0.629 bits per heavy atom. The van der Waals surface area contributed by atoms with Crippen LogP contribution in [0.2, 0.25) is 0 Å². The second-order valence-corrected chi connectivity index (χ2v) is 14.2. The third kappa shape index (κ3) is 9.38. The molecule has 0 saturated carbocycles. The van der Waals surface area contributed by atoms with Gasteiger partial charge in [-0.1, -0.05) is 66.7 Å². The minimum atomic E-state index is -2.28. The van der Waals surface area contributed by atoms with Crippen LogP contribution in [-0.4, -0.2) is 112 Å². The number of ether oxygens (including phenoxy) is 2. The molecule has 22 heteroatoms. The average Bonchev–Trinajstić information content (AvgIpc) is 3.32. The third-order valence-electron chi connectivity index (χ3n) is 10.2. The van der Waals surface area contributed by atoms with Crippen LogP contribution < -0.4 is 0 Å². The van der Waals surface area contributed by atoms with E-state index >= 15 is 0 Å². The summed E-state index contributed by atoms with van der Waals surface area (Å²) in [5.41, 5.74) is -15.2. The summed E-state index contributed by atoms with van der Waals surface area (Å²) < 4.78 is 10.2. The Kier molecular flexibility index (Phi) is 13.6. The van der Waals surface area contributed by atoms with Crippen LogP contribution in [0.3, 0.4) is 0 Å². The van der Waals surface area contributed by atoms with Gasteiger partial charge >= 0.3 is 71.6 Å². The van der Waals surface area contributed by atoms with Crippen LogP contribution in [0.1, 0.15) is 124 Å². The van der Waals surface area contributed by atoms with Crippen LogP contribution in [0.15, 0.2) is 109 Å². The predicted molar refractivity (Wildman–Crippen MR) is 231 cm³/mol. The lowest BCUT2D eigenvalue weighted by atomic mass is 9.88. The molecule has 0 radical (unpaired) electrons. The van der Waals surface area contributed by atoms with Crippen molar-refractivity contribution >= 4 is 71.6 Å². The summed E-state index contributed by atoms with van der Waals surface area (Å²) >= 11 is 0. The first-order chi connectivity index (χ1) is 33.0. The monoisotopic (exact) mass is 954 g/mol. The van der Waals surface area contributed by atoms with Crippen molar-refractivity contribution in [2.24, 2.45) is 0 Å². The van der Waals surface area contributed by atoms with Gasteiger partial charge in [-0.3, -0.25) is 0 Å². The molecule has 0 aliphatic rings. The van der Waals surface area contributed by atoms with Gasteiger partial charge in [-0.25, -0.2) is 57.5 Å². The van der Waals surface area contributed by atoms with Gasteiger partial charge in [-0.15, -0.1) is 0 Å². The van der Waals surface area contributed by atoms with E-state index in [-0.39, 0.29) is 16.7 Å². The molecule has 0 aliphatic heterocycles. The highest BCUT2D eigenvalue weighted by Gasteiger charge is 2.38. The van der Waals surface area contributed by atoms with Crippen LogP contribution in [0.25, 0.3) is 33.4 Å². The Labute approximate surface area is 388 Å². The Hall–Kier alpha value is -10.6. The van der Waals surface area contributed by atoms with Crippen LogP contribution >= 0.6 is 0 Å². The van der Waals surface area contributed by atoms with E-state index in [9.17, 15) is 98.4 Å². The summed E-state index contributed by atoms with van der Waals surface area (Å²) in [7, 11) is 0. The second kappa shape index (κ2) is 19.4. The van der Waals surface area contributed by atoms with Gasteiger partial charge in [0.1, 0.15) is 0 Å². The highest BCUT2D eigenvalue weighted by molar-refractivity contribution is 6.22. The number of carbonyl (C=O) groups excluding carboxylic acids is 4. The molecule has 0 aromatic heterocycles. The molecule has 0 unspecified atom stereocenters. The van der Waals surface area contributed by atoms with Gasteiger partial charge in [0.05, 0.1) is 66.8 Å². The largest absolute Gasteiger partial charge is 0.478 e. The standard InChI is InChI=1S/C48H26O22/c49-37(50)24-14-12-20(16-29(24)41(57)58)22-8-4-10-26(39(53)54)32(22)45(65)69-47(67)35-28(19-6-2-1-3-7-19)18-31(43(61)62)34(44(63)64)36(35)48(68)70-46(66)33-23(9-5-11-27(33)40(55)56)21-13-15-25(38(51)52)30(17-21)42(59)60/h1-18H,(H,49,50)(H,51,52)(H,53,54)(H,55,56)(H,57,58)(H,59,60)(H,61,62)(H,63,64). The number of rotatable bonds is 15. The minimum absolute atomic E-state index is 0.189. The van der Waals surface area contributed by atoms with E-state index in [1.165, 1.54) is 30.3 Å². The zero-order chi connectivity index (χ0) is 51.5. The lowest BCUT2D eigenvalue weighted by Crippen LogP contribution is -2.26. The number of carbonyl (C=O) groups is 12. The maximum absolute atomic E-state index is 14.6. The van der Waals surface area contributed by atoms with Crippen molar-refractivity contribution in [3.63, 3.8) is 0 Å². The van der Waals surface area contributed by atoms with E-state index in [0.717, 1.165) is 72.8 Å². The Bertz CT molecular complexity index is 3360. The smallest absolute Gasteiger partial charge is 0.347 e. The molecule has 22 nitrogen and oxygen atoms in total. The van der Waals surface area contributed by atoms with Gasteiger partial charge in [0.15, 0.2) is 0 Å². The van der Waals surface area contributed by atoms with Crippen LogP contribution in [0, 0.1) is 0 Å². The highest BCUT2D eigenvalue weighted by atomic mass is 16.6. The van der Waals surface area contributed by atoms with E-state index in [2.05, 4.69) is 0 Å². The van der Waals surface area contributed by atoms with Crippen LogP contribution in [0.4, 0.5) is 0 Å². The predicted octanol–water partition coefficient (Wildman–Crippen LogP) is 6.27. The number of benzene rings is 6. The van der Waals surface area contributed by atoms with Crippen molar-refractivity contribution in [3.8, 4) is 33.4 Å². The fourth-order valence-corrected chi connectivity index (χ4v) is 7.24. The van der Waals surface area contributed by atoms with E-state index in [0.29, 0.717) is 6.07 Å². The maximum atomic E-state index is 14.6. The van der Waals surface area contributed by atoms with Gasteiger partial charge in [0.2, 0.25) is 0 Å². The summed E-state index contributed by atoms with van der Waals surface area (Å²) in [6, 6.07) is 18.0. The molecular weight excluding hydrogens is 929 g/mol. The Balaban J connectivity index is 1.58. The first kappa shape index (κ1) is 48.8. The second-order valence-electron chi connectivity index (χ2n) is 14.2. The van der Waals surface area contributed by atoms with E-state index < -0.39 is 155 Å². The topological polar surface area (TPSA) is 385 Å². The van der Waals surface area contributed by atoms with Crippen molar-refractivity contribution in [2.75, 3.05) is 0 Å². The molecule has 0 heterocycles. The number of carboxylic acid groups (broad SMARTS) is 8. The number of hydrogen-bond acceptors (Lipinski definition) is 14. The summed E-state index contributed by atoms with van der Waals surface area (Å²) in [5.74, 6) is -23.0. The SMILES string of the molecule is O=C(O)c1ccc(-c2cccc(C(=O)O)c2C(=O)OC(=O)c2c(-c3ccccc3)cc(C(=O)O)c(C(=O)O)c2C(=O)OC(=O)c2c(C(=O)O)cccc2-c2ccc(C(=O)O)c(C(=O)O)c2)cc1C(=O)O. The summed E-state index contributed by atoms with van der Waals surface area (Å²) in [6.45, 7) is 0. The lowest BCUT2D eigenvalue weighted by Gasteiger charge is -2.19. The molecular formula is C48H26O22. The normalized spacial score (nSPS) is 10.6. The first-order valence-corrected chi connectivity index (χ1v) is 19.3. The summed E-state index contributed by atoms with van der Waals surface area (Å²) in [6.07, 6.45) is 0. The molecule has 6 aromatic rings. The summed E-state index contributed by atoms with van der Waals surface area (Å²) in [4.78, 5) is 156. The first-order valence-electron chi connectivity index (χ1n) is 19.3. The van der Waals surface area contributed by atoms with E-state index in [1.807, 2.05) is 0 Å². The van der Waals surface area contributed by atoms with Crippen molar-refractivity contribution in [3.05, 3.63) is 176 Å².